The summed E-state index contributed by atoms with van der Waals surface area (Å²) in [4.78, 5) is 39.9. The summed E-state index contributed by atoms with van der Waals surface area (Å²) < 4.78 is 40.3. The molecule has 210 valence electrons. The van der Waals surface area contributed by atoms with Crippen molar-refractivity contribution in [3.63, 3.8) is 0 Å². The summed E-state index contributed by atoms with van der Waals surface area (Å²) in [6, 6.07) is 12.7. The molecule has 2 N–H and O–H groups in total. The van der Waals surface area contributed by atoms with E-state index in [1.807, 2.05) is 35.2 Å². The molecule has 1 aliphatic heterocycles. The van der Waals surface area contributed by atoms with Crippen molar-refractivity contribution in [3.8, 4) is 0 Å². The van der Waals surface area contributed by atoms with Crippen molar-refractivity contribution in [3.05, 3.63) is 70.8 Å². The Bertz CT molecular complexity index is 1180. The number of rotatable bonds is 6. The summed E-state index contributed by atoms with van der Waals surface area (Å²) in [6.07, 6.45) is -1.13. The molecule has 2 atom stereocenters. The third-order valence-electron chi connectivity index (χ3n) is 7.69. The number of piperidine rings is 1. The summed E-state index contributed by atoms with van der Waals surface area (Å²) in [5.41, 5.74) is 0.418. The van der Waals surface area contributed by atoms with Gasteiger partial charge in [-0.15, -0.1) is 0 Å². The van der Waals surface area contributed by atoms with Crippen LogP contribution in [0.1, 0.15) is 72.0 Å². The molecule has 1 heterocycles. The van der Waals surface area contributed by atoms with E-state index < -0.39 is 17.6 Å². The molecule has 2 fully saturated rings. The van der Waals surface area contributed by atoms with Gasteiger partial charge in [0.1, 0.15) is 0 Å². The Kier molecular flexibility index (Phi) is 9.35. The van der Waals surface area contributed by atoms with Gasteiger partial charge in [-0.2, -0.15) is 13.2 Å². The summed E-state index contributed by atoms with van der Waals surface area (Å²) in [5.74, 6) is -0.851. The molecule has 2 aromatic carbocycles. The highest BCUT2D eigenvalue weighted by molar-refractivity contribution is 9.08. The van der Waals surface area contributed by atoms with E-state index in [4.69, 9.17) is 0 Å². The van der Waals surface area contributed by atoms with E-state index in [-0.39, 0.29) is 46.6 Å². The third-order valence-corrected chi connectivity index (χ3v) is 8.34. The average Bonchev–Trinajstić information content (AvgIpc) is 2.92. The number of nitrogens with zero attached hydrogens (tertiary/aromatic N) is 1. The van der Waals surface area contributed by atoms with E-state index in [1.54, 1.807) is 0 Å². The SMILES string of the molecule is CC(=O)NC1CCC(C(=O)N2CCC(NC(=O)c3cc(CBr)cc(C(F)(F)F)c3)C(c3ccccc3)C2)CC1. The summed E-state index contributed by atoms with van der Waals surface area (Å²) in [7, 11) is 0. The fourth-order valence-electron chi connectivity index (χ4n) is 5.71. The van der Waals surface area contributed by atoms with Crippen LogP contribution >= 0.6 is 15.9 Å². The maximum atomic E-state index is 13.5. The molecule has 1 saturated heterocycles. The van der Waals surface area contributed by atoms with E-state index in [0.717, 1.165) is 30.5 Å². The van der Waals surface area contributed by atoms with Crippen molar-refractivity contribution in [2.45, 2.75) is 68.5 Å². The largest absolute Gasteiger partial charge is 0.416 e. The summed E-state index contributed by atoms with van der Waals surface area (Å²) in [6.45, 7) is 2.36. The van der Waals surface area contributed by atoms with Crippen LogP contribution in [-0.4, -0.2) is 47.8 Å². The molecule has 4 rings (SSSR count). The fourth-order valence-corrected chi connectivity index (χ4v) is 6.03. The second-order valence-electron chi connectivity index (χ2n) is 10.5. The predicted molar refractivity (Wildman–Crippen MR) is 145 cm³/mol. The molecule has 0 bridgehead atoms. The molecule has 0 aromatic heterocycles. The van der Waals surface area contributed by atoms with Gasteiger partial charge in [0, 0.05) is 54.8 Å². The van der Waals surface area contributed by atoms with E-state index in [9.17, 15) is 27.6 Å². The maximum Gasteiger partial charge on any atom is 0.416 e. The van der Waals surface area contributed by atoms with Gasteiger partial charge < -0.3 is 15.5 Å². The van der Waals surface area contributed by atoms with Crippen molar-refractivity contribution >= 4 is 33.7 Å². The normalized spacial score (nSPS) is 23.7. The molecule has 1 saturated carbocycles. The number of nitrogens with one attached hydrogen (secondary N) is 2. The Morgan fingerprint density at radius 1 is 0.974 bits per heavy atom. The molecule has 3 amide bonds. The molecule has 39 heavy (non-hydrogen) atoms. The van der Waals surface area contributed by atoms with E-state index in [0.29, 0.717) is 37.9 Å². The molecule has 0 spiro atoms. The molecular formula is C29H33BrF3N3O3. The molecule has 6 nitrogen and oxygen atoms in total. The number of likely N-dealkylation sites (tertiary alicyclic amines) is 1. The number of amides is 3. The molecule has 2 aromatic rings. The number of hydrogen-bond acceptors (Lipinski definition) is 3. The molecule has 2 aliphatic rings. The zero-order valence-electron chi connectivity index (χ0n) is 21.8. The molecule has 2 unspecified atom stereocenters. The van der Waals surface area contributed by atoms with Crippen LogP contribution in [-0.2, 0) is 21.1 Å². The highest BCUT2D eigenvalue weighted by Gasteiger charge is 2.37. The van der Waals surface area contributed by atoms with Gasteiger partial charge in [-0.25, -0.2) is 0 Å². The van der Waals surface area contributed by atoms with E-state index in [1.165, 1.54) is 13.0 Å². The number of halogens is 4. The topological polar surface area (TPSA) is 78.5 Å². The maximum absolute atomic E-state index is 13.5. The van der Waals surface area contributed by atoms with Crippen molar-refractivity contribution in [2.75, 3.05) is 13.1 Å². The third kappa shape index (κ3) is 7.41. The quantitative estimate of drug-likeness (QED) is 0.431. The van der Waals surface area contributed by atoms with Crippen molar-refractivity contribution < 1.29 is 27.6 Å². The number of hydrogen-bond donors (Lipinski definition) is 2. The zero-order valence-corrected chi connectivity index (χ0v) is 23.4. The van der Waals surface area contributed by atoms with E-state index >= 15 is 0 Å². The lowest BCUT2D eigenvalue weighted by Crippen LogP contribution is -2.53. The number of carbonyl (C=O) groups excluding carboxylic acids is 3. The first-order chi connectivity index (χ1) is 18.5. The molecular weight excluding hydrogens is 575 g/mol. The Morgan fingerprint density at radius 2 is 1.67 bits per heavy atom. The molecule has 10 heteroatoms. The standard InChI is InChI=1S/C29H33BrF3N3O3/c1-18(37)34-24-9-7-21(8-10-24)28(39)36-12-11-26(25(17-36)20-5-3-2-4-6-20)35-27(38)22-13-19(16-30)14-23(15-22)29(31,32)33/h2-6,13-15,21,24-26H,7-12,16-17H2,1H3,(H,34,37)(H,35,38). The Morgan fingerprint density at radius 3 is 2.28 bits per heavy atom. The lowest BCUT2D eigenvalue weighted by molar-refractivity contribution is -0.138. The van der Waals surface area contributed by atoms with Gasteiger partial charge in [0.25, 0.3) is 5.91 Å². The average molecular weight is 608 g/mol. The Labute approximate surface area is 234 Å². The summed E-state index contributed by atoms with van der Waals surface area (Å²) in [5, 5.41) is 6.11. The second kappa shape index (κ2) is 12.5. The van der Waals surface area contributed by atoms with Crippen LogP contribution in [0, 0.1) is 5.92 Å². The van der Waals surface area contributed by atoms with Gasteiger partial charge in [-0.3, -0.25) is 14.4 Å². The number of alkyl halides is 4. The van der Waals surface area contributed by atoms with Gasteiger partial charge in [0.05, 0.1) is 5.56 Å². The van der Waals surface area contributed by atoms with Crippen LogP contribution in [0.2, 0.25) is 0 Å². The van der Waals surface area contributed by atoms with Crippen LogP contribution in [0.25, 0.3) is 0 Å². The minimum absolute atomic E-state index is 0.0412. The Balaban J connectivity index is 1.48. The van der Waals surface area contributed by atoms with Crippen molar-refractivity contribution in [1.29, 1.82) is 0 Å². The van der Waals surface area contributed by atoms with Gasteiger partial charge in [-0.1, -0.05) is 46.3 Å². The fraction of sp³-hybridized carbons (Fsp3) is 0.483. The highest BCUT2D eigenvalue weighted by atomic mass is 79.9. The van der Waals surface area contributed by atoms with Crippen LogP contribution in [0.5, 0.6) is 0 Å². The first-order valence-electron chi connectivity index (χ1n) is 13.2. The Hall–Kier alpha value is -2.88. The summed E-state index contributed by atoms with van der Waals surface area (Å²) >= 11 is 3.19. The van der Waals surface area contributed by atoms with Gasteiger partial charge in [0.15, 0.2) is 0 Å². The zero-order chi connectivity index (χ0) is 28.2. The molecule has 1 aliphatic carbocycles. The monoisotopic (exact) mass is 607 g/mol. The van der Waals surface area contributed by atoms with Gasteiger partial charge >= 0.3 is 6.18 Å². The number of benzene rings is 2. The first kappa shape index (κ1) is 29.1. The van der Waals surface area contributed by atoms with Crippen molar-refractivity contribution in [2.24, 2.45) is 5.92 Å². The number of carbonyl (C=O) groups is 3. The highest BCUT2D eigenvalue weighted by Crippen LogP contribution is 2.33. The lowest BCUT2D eigenvalue weighted by atomic mass is 9.82. The van der Waals surface area contributed by atoms with Crippen LogP contribution < -0.4 is 10.6 Å². The van der Waals surface area contributed by atoms with Crippen molar-refractivity contribution in [1.82, 2.24) is 15.5 Å². The minimum atomic E-state index is -4.56. The van der Waals surface area contributed by atoms with Crippen LogP contribution in [0.3, 0.4) is 0 Å². The minimum Gasteiger partial charge on any atom is -0.354 e. The van der Waals surface area contributed by atoms with Gasteiger partial charge in [0.2, 0.25) is 11.8 Å². The molecule has 0 radical (unpaired) electrons. The van der Waals surface area contributed by atoms with Gasteiger partial charge in [-0.05, 0) is 61.4 Å². The van der Waals surface area contributed by atoms with Crippen LogP contribution in [0.4, 0.5) is 13.2 Å². The van der Waals surface area contributed by atoms with E-state index in [2.05, 4.69) is 26.6 Å². The second-order valence-corrected chi connectivity index (χ2v) is 11.0. The first-order valence-corrected chi connectivity index (χ1v) is 14.4. The lowest BCUT2D eigenvalue weighted by Gasteiger charge is -2.41. The van der Waals surface area contributed by atoms with Crippen LogP contribution in [0.15, 0.2) is 48.5 Å². The predicted octanol–water partition coefficient (Wildman–Crippen LogP) is 5.41. The smallest absolute Gasteiger partial charge is 0.354 e.